The van der Waals surface area contributed by atoms with Crippen molar-refractivity contribution >= 4 is 17.7 Å². The second-order valence-corrected chi connectivity index (χ2v) is 20.0. The van der Waals surface area contributed by atoms with Crippen LogP contribution in [-0.2, 0) is 38.1 Å². The van der Waals surface area contributed by atoms with E-state index in [1.165, 1.54) is 12.0 Å². The number of allylic oxidation sites excluding steroid dienone is 6. The number of nitrogens with zero attached hydrogens (tertiary/aromatic N) is 1. The molecule has 3 fully saturated rings. The largest absolute Gasteiger partial charge is 0.460 e. The van der Waals surface area contributed by atoms with E-state index in [0.29, 0.717) is 63.4 Å². The van der Waals surface area contributed by atoms with E-state index < -0.39 is 78.3 Å². The van der Waals surface area contributed by atoms with Gasteiger partial charge in [0.25, 0.3) is 5.91 Å². The number of Topliss-reactive ketones (excluding diaryl/α,β-unsaturated/α-hetero) is 1. The second-order valence-electron chi connectivity index (χ2n) is 20.0. The van der Waals surface area contributed by atoms with Crippen molar-refractivity contribution in [3.63, 3.8) is 0 Å². The molecule has 0 spiro atoms. The van der Waals surface area contributed by atoms with Gasteiger partial charge in [0, 0.05) is 52.6 Å². The number of ether oxygens (including phenoxy) is 5. The third-order valence-corrected chi connectivity index (χ3v) is 14.9. The molecule has 1 saturated carbocycles. The SMILES string of the molecule is COC1CC(C[C@@H](C)[C@@H]2CC(=O)[C@H](C)/C=C(\C)C(O)[C@@H](OC)[C@@H](O)C(C)C[C@H](C)/C=C/C=C/C=C(\C)[C@@H](OC)C[C@@H]3CCC(C)C(O)(O3)C(O)C(=O)N3CCCCC3C(=O)O2)CC[C@H]1O. The molecular weight excluding hydrogens is 835 g/mol. The first-order valence-electron chi connectivity index (χ1n) is 24.2. The van der Waals surface area contributed by atoms with Gasteiger partial charge in [0.1, 0.15) is 30.1 Å². The van der Waals surface area contributed by atoms with Crippen molar-refractivity contribution in [3.8, 4) is 0 Å². The zero-order chi connectivity index (χ0) is 48.2. The Kier molecular flexibility index (Phi) is 21.5. The fourth-order valence-electron chi connectivity index (χ4n) is 10.4. The summed E-state index contributed by atoms with van der Waals surface area (Å²) in [7, 11) is 4.62. The molecule has 4 aliphatic rings. The van der Waals surface area contributed by atoms with Crippen LogP contribution in [0.25, 0.3) is 0 Å². The van der Waals surface area contributed by atoms with Crippen LogP contribution in [0.3, 0.4) is 0 Å². The summed E-state index contributed by atoms with van der Waals surface area (Å²) in [5, 5.41) is 57.2. The molecule has 3 aliphatic heterocycles. The van der Waals surface area contributed by atoms with Gasteiger partial charge in [-0.25, -0.2) is 4.79 Å². The van der Waals surface area contributed by atoms with Gasteiger partial charge in [-0.2, -0.15) is 0 Å². The van der Waals surface area contributed by atoms with Crippen molar-refractivity contribution < 1.29 is 63.6 Å². The molecule has 0 radical (unpaired) electrons. The molecule has 0 aromatic rings. The first-order chi connectivity index (χ1) is 30.7. The summed E-state index contributed by atoms with van der Waals surface area (Å²) in [6, 6.07) is -1.07. The predicted octanol–water partition coefficient (Wildman–Crippen LogP) is 5.76. The summed E-state index contributed by atoms with van der Waals surface area (Å²) < 4.78 is 29.7. The van der Waals surface area contributed by atoms with Gasteiger partial charge in [0.2, 0.25) is 5.79 Å². The summed E-state index contributed by atoms with van der Waals surface area (Å²) in [5.41, 5.74) is 1.37. The van der Waals surface area contributed by atoms with Gasteiger partial charge in [-0.15, -0.1) is 0 Å². The molecular formula is C51H83NO13. The molecule has 0 aromatic carbocycles. The molecule has 3 heterocycles. The van der Waals surface area contributed by atoms with E-state index in [-0.39, 0.29) is 61.0 Å². The van der Waals surface area contributed by atoms with Crippen molar-refractivity contribution in [1.82, 2.24) is 4.90 Å². The van der Waals surface area contributed by atoms with Gasteiger partial charge in [0.05, 0.1) is 30.5 Å². The van der Waals surface area contributed by atoms with Crippen LogP contribution in [0.2, 0.25) is 0 Å². The van der Waals surface area contributed by atoms with Crippen LogP contribution in [0.1, 0.15) is 126 Å². The fraction of sp³-hybridized carbons (Fsp3) is 0.784. The zero-order valence-corrected chi connectivity index (χ0v) is 40.8. The van der Waals surface area contributed by atoms with Crippen molar-refractivity contribution in [2.45, 2.75) is 192 Å². The van der Waals surface area contributed by atoms with E-state index >= 15 is 0 Å². The van der Waals surface area contributed by atoms with E-state index in [1.807, 2.05) is 51.2 Å². The molecule has 1 aliphatic carbocycles. The third kappa shape index (κ3) is 14.6. The highest BCUT2D eigenvalue weighted by molar-refractivity contribution is 5.88. The summed E-state index contributed by atoms with van der Waals surface area (Å²) in [4.78, 5) is 44.2. The van der Waals surface area contributed by atoms with Crippen LogP contribution in [0.4, 0.5) is 0 Å². The number of esters is 1. The Morgan fingerprint density at radius 3 is 2.25 bits per heavy atom. The molecule has 4 rings (SSSR count). The summed E-state index contributed by atoms with van der Waals surface area (Å²) in [6.07, 6.45) is 9.41. The van der Waals surface area contributed by atoms with Crippen LogP contribution in [-0.4, -0.2) is 143 Å². The van der Waals surface area contributed by atoms with Crippen molar-refractivity contribution in [1.29, 1.82) is 0 Å². The molecule has 2 bridgehead atoms. The van der Waals surface area contributed by atoms with Crippen LogP contribution >= 0.6 is 0 Å². The lowest BCUT2D eigenvalue weighted by molar-refractivity contribution is -0.317. The Balaban J connectivity index is 1.70. The molecule has 0 aromatic heterocycles. The summed E-state index contributed by atoms with van der Waals surface area (Å²) in [5.74, 6) is -5.62. The Morgan fingerprint density at radius 2 is 1.57 bits per heavy atom. The maximum Gasteiger partial charge on any atom is 0.329 e. The maximum absolute atomic E-state index is 14.4. The predicted molar refractivity (Wildman–Crippen MR) is 247 cm³/mol. The highest BCUT2D eigenvalue weighted by atomic mass is 16.6. The first kappa shape index (κ1) is 54.8. The van der Waals surface area contributed by atoms with Crippen molar-refractivity contribution in [2.24, 2.45) is 35.5 Å². The summed E-state index contributed by atoms with van der Waals surface area (Å²) in [6.45, 7) is 13.2. The molecule has 65 heavy (non-hydrogen) atoms. The molecule has 17 atom stereocenters. The number of cyclic esters (lactones) is 1. The van der Waals surface area contributed by atoms with Gasteiger partial charge in [-0.1, -0.05) is 71.1 Å². The number of rotatable bonds is 6. The maximum atomic E-state index is 14.4. The Hall–Kier alpha value is -2.79. The smallest absolute Gasteiger partial charge is 0.329 e. The van der Waals surface area contributed by atoms with Gasteiger partial charge in [-0.05, 0) is 113 Å². The highest BCUT2D eigenvalue weighted by Gasteiger charge is 2.53. The lowest BCUT2D eigenvalue weighted by Gasteiger charge is -2.46. The van der Waals surface area contributed by atoms with Crippen molar-refractivity contribution in [2.75, 3.05) is 27.9 Å². The lowest BCUT2D eigenvalue weighted by Crippen LogP contribution is -2.63. The minimum Gasteiger partial charge on any atom is -0.460 e. The molecule has 14 nitrogen and oxygen atoms in total. The number of aliphatic hydroxyl groups excluding tert-OH is 4. The van der Waals surface area contributed by atoms with E-state index in [4.69, 9.17) is 23.7 Å². The Labute approximate surface area is 388 Å². The number of methoxy groups -OCH3 is 3. The summed E-state index contributed by atoms with van der Waals surface area (Å²) >= 11 is 0. The monoisotopic (exact) mass is 918 g/mol. The van der Waals surface area contributed by atoms with Gasteiger partial charge >= 0.3 is 5.97 Å². The van der Waals surface area contributed by atoms with Crippen LogP contribution in [0.15, 0.2) is 47.6 Å². The number of piperidine rings is 1. The number of fused-ring (bicyclic) bond motifs is 3. The minimum atomic E-state index is -2.23. The van der Waals surface area contributed by atoms with Gasteiger partial charge in [0.15, 0.2) is 6.10 Å². The minimum absolute atomic E-state index is 0.0872. The molecule has 370 valence electrons. The van der Waals surface area contributed by atoms with Gasteiger partial charge < -0.3 is 54.1 Å². The van der Waals surface area contributed by atoms with E-state index in [1.54, 1.807) is 41.1 Å². The molecule has 14 heteroatoms. The Bertz CT molecular complexity index is 1660. The topological polar surface area (TPSA) is 202 Å². The van der Waals surface area contributed by atoms with E-state index in [0.717, 1.165) is 12.0 Å². The van der Waals surface area contributed by atoms with Crippen LogP contribution in [0, 0.1) is 35.5 Å². The van der Waals surface area contributed by atoms with Crippen LogP contribution in [0.5, 0.6) is 0 Å². The molecule has 1 amide bonds. The third-order valence-electron chi connectivity index (χ3n) is 14.9. The molecule has 2 saturated heterocycles. The quantitative estimate of drug-likeness (QED) is 0.159. The number of hydrogen-bond acceptors (Lipinski definition) is 13. The first-order valence-corrected chi connectivity index (χ1v) is 24.2. The standard InChI is InChI=1S/C51H83NO13/c1-30-16-12-11-13-17-31(2)42(61-8)28-38-21-19-36(7)51(60,65-38)48(57)49(58)52-23-15-14-18-39(52)50(59)64-43(33(4)26-37-20-22-40(53)44(27-37)62-9)29-41(54)32(3)25-35(6)46(56)47(63-10)45(55)34(5)24-30/h11-13,16-17,25,30,32-34,36-40,42-48,53,55-57,60H,14-15,18-24,26-29H2,1-10H3/b13-11+,16-12+,31-17+,35-25+/t30-,32-,33-,34?,36?,37?,38+,39?,40-,42+,43+,44?,45+,46?,47+,48?,51?/m1/s1. The average Bonchev–Trinajstić information content (AvgIpc) is 3.28. The normalized spacial score (nSPS) is 42.7. The van der Waals surface area contributed by atoms with E-state index in [2.05, 4.69) is 6.92 Å². The Morgan fingerprint density at radius 1 is 0.846 bits per heavy atom. The number of carbonyl (C=O) groups is 3. The van der Waals surface area contributed by atoms with Crippen molar-refractivity contribution in [3.05, 3.63) is 47.6 Å². The second kappa shape index (κ2) is 25.5. The number of ketones is 1. The average molecular weight is 918 g/mol. The molecule has 8 unspecified atom stereocenters. The fourth-order valence-corrected chi connectivity index (χ4v) is 10.4. The lowest BCUT2D eigenvalue weighted by atomic mass is 9.78. The number of carbonyl (C=O) groups excluding carboxylic acids is 3. The molecule has 5 N–H and O–H groups in total. The number of hydrogen-bond donors (Lipinski definition) is 5. The van der Waals surface area contributed by atoms with Gasteiger partial charge in [-0.3, -0.25) is 9.59 Å². The zero-order valence-electron chi connectivity index (χ0n) is 40.8. The highest BCUT2D eigenvalue weighted by Crippen LogP contribution is 2.39. The van der Waals surface area contributed by atoms with Crippen LogP contribution < -0.4 is 0 Å². The number of aliphatic hydroxyl groups is 5. The number of amides is 1. The van der Waals surface area contributed by atoms with E-state index in [9.17, 15) is 39.9 Å².